The van der Waals surface area contributed by atoms with Crippen LogP contribution in [0.1, 0.15) is 25.7 Å². The molecule has 0 heterocycles. The molecule has 2 N–H and O–H groups in total. The molecule has 1 aromatic rings. The Labute approximate surface area is 122 Å². The minimum absolute atomic E-state index is 0.310. The minimum Gasteiger partial charge on any atom is -0.490 e. The monoisotopic (exact) mass is 307 g/mol. The zero-order valence-electron chi connectivity index (χ0n) is 9.96. The molecule has 1 aromatic carbocycles. The van der Waals surface area contributed by atoms with Crippen molar-refractivity contribution in [1.82, 2.24) is 0 Å². The van der Waals surface area contributed by atoms with Gasteiger partial charge in [-0.2, -0.15) is 0 Å². The highest BCUT2D eigenvalue weighted by Gasteiger charge is 2.23. The van der Waals surface area contributed by atoms with Crippen LogP contribution in [0.5, 0.6) is 5.75 Å². The lowest BCUT2D eigenvalue weighted by Crippen LogP contribution is -2.25. The molecule has 0 amide bonds. The Morgan fingerprint density at radius 2 is 1.83 bits per heavy atom. The van der Waals surface area contributed by atoms with Gasteiger partial charge >= 0.3 is 0 Å². The molecule has 0 radical (unpaired) electrons. The maximum atomic E-state index is 6.04. The summed E-state index contributed by atoms with van der Waals surface area (Å²) in [5.41, 5.74) is 6.01. The van der Waals surface area contributed by atoms with Crippen LogP contribution < -0.4 is 10.5 Å². The summed E-state index contributed by atoms with van der Waals surface area (Å²) in [4.78, 5) is 0. The van der Waals surface area contributed by atoms with Crippen molar-refractivity contribution in [2.45, 2.75) is 31.7 Å². The lowest BCUT2D eigenvalue weighted by atomic mass is 10.0. The number of benzene rings is 1. The van der Waals surface area contributed by atoms with E-state index in [-0.39, 0.29) is 0 Å². The molecule has 100 valence electrons. The van der Waals surface area contributed by atoms with E-state index in [0.29, 0.717) is 39.4 Å². The summed E-state index contributed by atoms with van der Waals surface area (Å²) in [5, 5.41) is 1.40. The van der Waals surface area contributed by atoms with Gasteiger partial charge in [0.2, 0.25) is 0 Å². The summed E-state index contributed by atoms with van der Waals surface area (Å²) in [6.07, 6.45) is 4.46. The highest BCUT2D eigenvalue weighted by atomic mass is 35.5. The summed E-state index contributed by atoms with van der Waals surface area (Å²) in [6, 6.07) is 3.57. The number of ether oxygens (including phenoxy) is 1. The zero-order chi connectivity index (χ0) is 13.1. The zero-order valence-corrected chi connectivity index (χ0v) is 12.2. The summed E-state index contributed by atoms with van der Waals surface area (Å²) in [6.45, 7) is 0.583. The van der Waals surface area contributed by atoms with Gasteiger partial charge in [-0.3, -0.25) is 0 Å². The van der Waals surface area contributed by atoms with Crippen molar-refractivity contribution in [3.05, 3.63) is 27.2 Å². The van der Waals surface area contributed by atoms with Crippen molar-refractivity contribution >= 4 is 34.8 Å². The van der Waals surface area contributed by atoms with Gasteiger partial charge in [0.25, 0.3) is 0 Å². The van der Waals surface area contributed by atoms with Gasteiger partial charge in [-0.1, -0.05) is 41.2 Å². The molecular formula is C13H16Cl3NO. The highest BCUT2D eigenvalue weighted by Crippen LogP contribution is 2.36. The molecule has 0 saturated heterocycles. The second-order valence-electron chi connectivity index (χ2n) is 4.69. The molecule has 2 rings (SSSR count). The van der Waals surface area contributed by atoms with E-state index in [2.05, 4.69) is 0 Å². The third-order valence-electron chi connectivity index (χ3n) is 3.42. The maximum Gasteiger partial charge on any atom is 0.156 e. The first-order chi connectivity index (χ1) is 8.58. The number of rotatable bonds is 4. The predicted octanol–water partition coefficient (Wildman–Crippen LogP) is 4.54. The minimum atomic E-state index is 0.310. The number of halogens is 3. The Morgan fingerprint density at radius 1 is 1.17 bits per heavy atom. The smallest absolute Gasteiger partial charge is 0.156 e. The average Bonchev–Trinajstić information content (AvgIpc) is 2.68. The van der Waals surface area contributed by atoms with Gasteiger partial charge in [-0.25, -0.2) is 0 Å². The standard InChI is InChI=1S/C13H16Cl3NO/c14-9-6-10(15)13(11(16)7-9)18-5-4-8-2-1-3-12(8)17/h6-8,12H,1-5,17H2. The summed E-state index contributed by atoms with van der Waals surface area (Å²) >= 11 is 17.9. The van der Waals surface area contributed by atoms with Crippen LogP contribution in [-0.2, 0) is 0 Å². The van der Waals surface area contributed by atoms with Gasteiger partial charge in [0, 0.05) is 11.1 Å². The molecule has 0 spiro atoms. The molecular weight excluding hydrogens is 293 g/mol. The van der Waals surface area contributed by atoms with Crippen molar-refractivity contribution in [3.8, 4) is 5.75 Å². The Hall–Kier alpha value is -0.150. The van der Waals surface area contributed by atoms with Crippen LogP contribution in [0.3, 0.4) is 0 Å². The molecule has 2 nitrogen and oxygen atoms in total. The first-order valence-electron chi connectivity index (χ1n) is 6.11. The highest BCUT2D eigenvalue weighted by molar-refractivity contribution is 6.40. The molecule has 5 heteroatoms. The molecule has 0 bridgehead atoms. The number of hydrogen-bond donors (Lipinski definition) is 1. The first-order valence-corrected chi connectivity index (χ1v) is 7.24. The topological polar surface area (TPSA) is 35.2 Å². The van der Waals surface area contributed by atoms with E-state index in [4.69, 9.17) is 45.3 Å². The summed E-state index contributed by atoms with van der Waals surface area (Å²) in [5.74, 6) is 1.06. The molecule has 18 heavy (non-hydrogen) atoms. The van der Waals surface area contributed by atoms with Crippen molar-refractivity contribution in [1.29, 1.82) is 0 Å². The fourth-order valence-electron chi connectivity index (χ4n) is 2.40. The van der Waals surface area contributed by atoms with Crippen LogP contribution in [0, 0.1) is 5.92 Å². The van der Waals surface area contributed by atoms with E-state index < -0.39 is 0 Å². The van der Waals surface area contributed by atoms with E-state index in [1.54, 1.807) is 12.1 Å². The summed E-state index contributed by atoms with van der Waals surface area (Å²) < 4.78 is 5.65. The first kappa shape index (κ1) is 14.3. The van der Waals surface area contributed by atoms with Crippen LogP contribution in [0.15, 0.2) is 12.1 Å². The van der Waals surface area contributed by atoms with Crippen LogP contribution in [0.2, 0.25) is 15.1 Å². The molecule has 0 aliphatic heterocycles. The molecule has 2 atom stereocenters. The van der Waals surface area contributed by atoms with Crippen LogP contribution >= 0.6 is 34.8 Å². The third kappa shape index (κ3) is 3.45. The Kier molecular flexibility index (Phi) is 5.02. The molecule has 1 saturated carbocycles. The second kappa shape index (κ2) is 6.33. The molecule has 2 unspecified atom stereocenters. The lowest BCUT2D eigenvalue weighted by molar-refractivity contribution is 0.271. The summed E-state index contributed by atoms with van der Waals surface area (Å²) in [7, 11) is 0. The Bertz CT molecular complexity index is 402. The van der Waals surface area contributed by atoms with E-state index in [1.165, 1.54) is 12.8 Å². The molecule has 1 fully saturated rings. The van der Waals surface area contributed by atoms with Crippen molar-refractivity contribution in [2.75, 3.05) is 6.61 Å². The Balaban J connectivity index is 1.90. The third-order valence-corrected chi connectivity index (χ3v) is 4.20. The fourth-order valence-corrected chi connectivity index (χ4v) is 3.33. The van der Waals surface area contributed by atoms with Crippen LogP contribution in [-0.4, -0.2) is 12.6 Å². The van der Waals surface area contributed by atoms with Crippen LogP contribution in [0.4, 0.5) is 0 Å². The number of nitrogens with two attached hydrogens (primary N) is 1. The molecule has 1 aliphatic rings. The van der Waals surface area contributed by atoms with E-state index in [9.17, 15) is 0 Å². The normalized spacial score (nSPS) is 23.3. The fraction of sp³-hybridized carbons (Fsp3) is 0.538. The van der Waals surface area contributed by atoms with Crippen molar-refractivity contribution in [3.63, 3.8) is 0 Å². The van der Waals surface area contributed by atoms with Gasteiger partial charge < -0.3 is 10.5 Å². The SMILES string of the molecule is NC1CCCC1CCOc1c(Cl)cc(Cl)cc1Cl. The average molecular weight is 309 g/mol. The van der Waals surface area contributed by atoms with Crippen molar-refractivity contribution in [2.24, 2.45) is 11.7 Å². The van der Waals surface area contributed by atoms with E-state index in [0.717, 1.165) is 12.8 Å². The second-order valence-corrected chi connectivity index (χ2v) is 5.94. The van der Waals surface area contributed by atoms with Gasteiger partial charge in [-0.05, 0) is 37.3 Å². The number of hydrogen-bond acceptors (Lipinski definition) is 2. The van der Waals surface area contributed by atoms with Gasteiger partial charge in [0.05, 0.1) is 16.7 Å². The van der Waals surface area contributed by atoms with E-state index >= 15 is 0 Å². The van der Waals surface area contributed by atoms with Gasteiger partial charge in [-0.15, -0.1) is 0 Å². The largest absolute Gasteiger partial charge is 0.490 e. The van der Waals surface area contributed by atoms with E-state index in [1.807, 2.05) is 0 Å². The van der Waals surface area contributed by atoms with Gasteiger partial charge in [0.15, 0.2) is 5.75 Å². The lowest BCUT2D eigenvalue weighted by Gasteiger charge is -2.16. The molecule has 1 aliphatic carbocycles. The van der Waals surface area contributed by atoms with Crippen molar-refractivity contribution < 1.29 is 4.74 Å². The molecule has 0 aromatic heterocycles. The van der Waals surface area contributed by atoms with Gasteiger partial charge in [0.1, 0.15) is 0 Å². The van der Waals surface area contributed by atoms with Crippen LogP contribution in [0.25, 0.3) is 0 Å². The maximum absolute atomic E-state index is 6.04. The predicted molar refractivity (Wildman–Crippen MR) is 76.9 cm³/mol. The quantitative estimate of drug-likeness (QED) is 0.886. The Morgan fingerprint density at radius 3 is 2.39 bits per heavy atom.